The van der Waals surface area contributed by atoms with Gasteiger partial charge in [-0.3, -0.25) is 4.79 Å². The van der Waals surface area contributed by atoms with Gasteiger partial charge >= 0.3 is 0 Å². The van der Waals surface area contributed by atoms with Crippen molar-refractivity contribution in [3.63, 3.8) is 0 Å². The number of benzene rings is 1. The van der Waals surface area contributed by atoms with Gasteiger partial charge in [-0.2, -0.15) is 0 Å². The molecule has 0 heterocycles. The predicted octanol–water partition coefficient (Wildman–Crippen LogP) is 2.08. The van der Waals surface area contributed by atoms with Crippen molar-refractivity contribution in [2.24, 2.45) is 11.1 Å². The molecule has 1 unspecified atom stereocenters. The van der Waals surface area contributed by atoms with Gasteiger partial charge in [-0.1, -0.05) is 20.8 Å². The number of Topliss-reactive ketones (excluding diaryl/α,β-unsaturated/α-hetero) is 1. The van der Waals surface area contributed by atoms with Gasteiger partial charge in [0, 0.05) is 5.56 Å². The van der Waals surface area contributed by atoms with Crippen molar-refractivity contribution in [1.29, 1.82) is 0 Å². The summed E-state index contributed by atoms with van der Waals surface area (Å²) in [6, 6.07) is 3.31. The first kappa shape index (κ1) is 15.7. The quantitative estimate of drug-likeness (QED) is 0.561. The van der Waals surface area contributed by atoms with E-state index in [1.807, 2.05) is 20.8 Å². The molecule has 1 aromatic carbocycles. The largest absolute Gasteiger partial charge is 0.504 e. The number of carbonyl (C=O) groups is 1. The third kappa shape index (κ3) is 3.61. The van der Waals surface area contributed by atoms with Gasteiger partial charge in [-0.25, -0.2) is 0 Å². The zero-order chi connectivity index (χ0) is 12.5. The highest BCUT2D eigenvalue weighted by Crippen LogP contribution is 2.27. The maximum atomic E-state index is 11.9. The Hall–Kier alpha value is -1.26. The summed E-state index contributed by atoms with van der Waals surface area (Å²) in [5.74, 6) is -0.810. The van der Waals surface area contributed by atoms with E-state index in [9.17, 15) is 9.90 Å². The van der Waals surface area contributed by atoms with Gasteiger partial charge in [0.1, 0.15) is 0 Å². The first-order chi connectivity index (χ1) is 7.23. The molecular weight excluding hydrogens is 242 g/mol. The highest BCUT2D eigenvalue weighted by atomic mass is 35.5. The fraction of sp³-hybridized carbons (Fsp3) is 0.417. The average Bonchev–Trinajstić information content (AvgIpc) is 2.18. The van der Waals surface area contributed by atoms with E-state index in [4.69, 9.17) is 10.8 Å². The number of hydrogen-bond donors (Lipinski definition) is 3. The second kappa shape index (κ2) is 5.38. The molecule has 0 amide bonds. The minimum Gasteiger partial charge on any atom is -0.504 e. The summed E-state index contributed by atoms with van der Waals surface area (Å²) >= 11 is 0. The Morgan fingerprint density at radius 1 is 1.24 bits per heavy atom. The maximum Gasteiger partial charge on any atom is 0.180 e. The molecule has 4 N–H and O–H groups in total. The van der Waals surface area contributed by atoms with Crippen LogP contribution in [0.2, 0.25) is 0 Å². The highest BCUT2D eigenvalue weighted by Gasteiger charge is 2.28. The van der Waals surface area contributed by atoms with Crippen LogP contribution in [-0.2, 0) is 0 Å². The first-order valence-electron chi connectivity index (χ1n) is 5.05. The molecule has 17 heavy (non-hydrogen) atoms. The standard InChI is InChI=1S/C12H17NO3.ClH/c1-12(2,3)11(13)10(16)7-4-5-8(14)9(15)6-7;/h4-6,11,14-15H,13H2,1-3H3;1H. The summed E-state index contributed by atoms with van der Waals surface area (Å²) < 4.78 is 0. The van der Waals surface area contributed by atoms with E-state index >= 15 is 0 Å². The van der Waals surface area contributed by atoms with Crippen LogP contribution < -0.4 is 5.73 Å². The molecule has 0 saturated carbocycles. The minimum atomic E-state index is -0.642. The van der Waals surface area contributed by atoms with Crippen LogP contribution >= 0.6 is 12.4 Å². The molecule has 0 radical (unpaired) electrons. The third-order valence-corrected chi connectivity index (χ3v) is 2.48. The number of hydrogen-bond acceptors (Lipinski definition) is 4. The molecule has 0 aromatic heterocycles. The van der Waals surface area contributed by atoms with Gasteiger partial charge in [-0.05, 0) is 23.6 Å². The van der Waals surface area contributed by atoms with Crippen LogP contribution in [0.25, 0.3) is 0 Å². The molecular formula is C12H18ClNO3. The van der Waals surface area contributed by atoms with Crippen molar-refractivity contribution in [2.45, 2.75) is 26.8 Å². The normalized spacial score (nSPS) is 12.7. The van der Waals surface area contributed by atoms with Crippen molar-refractivity contribution in [2.75, 3.05) is 0 Å². The van der Waals surface area contributed by atoms with Crippen LogP contribution in [-0.4, -0.2) is 22.0 Å². The molecule has 0 fully saturated rings. The second-order valence-corrected chi connectivity index (χ2v) is 4.91. The molecule has 0 bridgehead atoms. The molecule has 0 aliphatic rings. The Kier molecular flexibility index (Phi) is 4.98. The lowest BCUT2D eigenvalue weighted by atomic mass is 9.83. The number of carbonyl (C=O) groups excluding carboxylic acids is 1. The van der Waals surface area contributed by atoms with Crippen LogP contribution in [0, 0.1) is 5.41 Å². The van der Waals surface area contributed by atoms with Crippen molar-refractivity contribution < 1.29 is 15.0 Å². The highest BCUT2D eigenvalue weighted by molar-refractivity contribution is 6.00. The Labute approximate surface area is 107 Å². The number of phenols is 2. The molecule has 1 aromatic rings. The molecule has 0 spiro atoms. The Bertz CT molecular complexity index is 413. The van der Waals surface area contributed by atoms with E-state index in [1.54, 1.807) is 0 Å². The van der Waals surface area contributed by atoms with Crippen LogP contribution in [0.5, 0.6) is 11.5 Å². The van der Waals surface area contributed by atoms with E-state index in [0.29, 0.717) is 5.56 Å². The molecule has 0 aliphatic heterocycles. The zero-order valence-electron chi connectivity index (χ0n) is 10.1. The lowest BCUT2D eigenvalue weighted by molar-refractivity contribution is 0.0901. The Morgan fingerprint density at radius 3 is 2.18 bits per heavy atom. The minimum absolute atomic E-state index is 0. The first-order valence-corrected chi connectivity index (χ1v) is 5.05. The number of halogens is 1. The fourth-order valence-electron chi connectivity index (χ4n) is 1.25. The Morgan fingerprint density at radius 2 is 1.76 bits per heavy atom. The summed E-state index contributed by atoms with van der Waals surface area (Å²) in [5.41, 5.74) is 5.78. The lowest BCUT2D eigenvalue weighted by Gasteiger charge is -2.25. The number of aromatic hydroxyl groups is 2. The molecule has 5 heteroatoms. The van der Waals surface area contributed by atoms with E-state index in [2.05, 4.69) is 0 Å². The van der Waals surface area contributed by atoms with Gasteiger partial charge in [0.05, 0.1) is 6.04 Å². The third-order valence-electron chi connectivity index (χ3n) is 2.48. The predicted molar refractivity (Wildman–Crippen MR) is 68.8 cm³/mol. The number of nitrogens with two attached hydrogens (primary N) is 1. The Balaban J connectivity index is 0.00000256. The number of rotatable bonds is 2. The van der Waals surface area contributed by atoms with Crippen LogP contribution in [0.1, 0.15) is 31.1 Å². The van der Waals surface area contributed by atoms with Crippen molar-refractivity contribution in [3.8, 4) is 11.5 Å². The summed E-state index contributed by atoms with van der Waals surface area (Å²) in [5, 5.41) is 18.4. The second-order valence-electron chi connectivity index (χ2n) is 4.91. The molecule has 96 valence electrons. The summed E-state index contributed by atoms with van der Waals surface area (Å²) in [7, 11) is 0. The summed E-state index contributed by atoms with van der Waals surface area (Å²) in [4.78, 5) is 11.9. The van der Waals surface area contributed by atoms with Gasteiger partial charge in [0.25, 0.3) is 0 Å². The molecule has 0 saturated heterocycles. The molecule has 1 atom stereocenters. The van der Waals surface area contributed by atoms with Crippen molar-refractivity contribution in [1.82, 2.24) is 0 Å². The fourth-order valence-corrected chi connectivity index (χ4v) is 1.25. The van der Waals surface area contributed by atoms with Crippen LogP contribution in [0.3, 0.4) is 0 Å². The topological polar surface area (TPSA) is 83.6 Å². The van der Waals surface area contributed by atoms with Crippen molar-refractivity contribution in [3.05, 3.63) is 23.8 Å². The number of ketones is 1. The monoisotopic (exact) mass is 259 g/mol. The zero-order valence-corrected chi connectivity index (χ0v) is 10.9. The number of phenolic OH excluding ortho intramolecular Hbond substituents is 2. The molecule has 4 nitrogen and oxygen atoms in total. The SMILES string of the molecule is CC(C)(C)C(N)C(=O)c1ccc(O)c(O)c1.Cl. The van der Waals surface area contributed by atoms with Gasteiger partial charge < -0.3 is 15.9 Å². The van der Waals surface area contributed by atoms with Gasteiger partial charge in [0.2, 0.25) is 0 Å². The van der Waals surface area contributed by atoms with E-state index in [-0.39, 0.29) is 35.1 Å². The maximum absolute atomic E-state index is 11.9. The lowest BCUT2D eigenvalue weighted by Crippen LogP contribution is -2.42. The molecule has 0 aliphatic carbocycles. The van der Waals surface area contributed by atoms with E-state index in [0.717, 1.165) is 0 Å². The smallest absolute Gasteiger partial charge is 0.180 e. The van der Waals surface area contributed by atoms with E-state index < -0.39 is 6.04 Å². The summed E-state index contributed by atoms with van der Waals surface area (Å²) in [6.07, 6.45) is 0. The van der Waals surface area contributed by atoms with E-state index in [1.165, 1.54) is 18.2 Å². The van der Waals surface area contributed by atoms with Gasteiger partial charge in [-0.15, -0.1) is 12.4 Å². The molecule has 1 rings (SSSR count). The van der Waals surface area contributed by atoms with Gasteiger partial charge in [0.15, 0.2) is 17.3 Å². The van der Waals surface area contributed by atoms with Crippen LogP contribution in [0.4, 0.5) is 0 Å². The summed E-state index contributed by atoms with van der Waals surface area (Å²) in [6.45, 7) is 5.61. The van der Waals surface area contributed by atoms with Crippen molar-refractivity contribution >= 4 is 18.2 Å². The average molecular weight is 260 g/mol. The van der Waals surface area contributed by atoms with Crippen LogP contribution in [0.15, 0.2) is 18.2 Å².